The summed E-state index contributed by atoms with van der Waals surface area (Å²) in [7, 11) is 0. The van der Waals surface area contributed by atoms with Crippen LogP contribution in [0.2, 0.25) is 0 Å². The van der Waals surface area contributed by atoms with Crippen LogP contribution in [0.15, 0.2) is 93.2 Å². The lowest BCUT2D eigenvalue weighted by Crippen LogP contribution is -2.49. The number of hydrogen-bond acceptors (Lipinski definition) is 4. The van der Waals surface area contributed by atoms with Gasteiger partial charge in [0.2, 0.25) is 0 Å². The highest BCUT2D eigenvalue weighted by molar-refractivity contribution is 8.20. The molecule has 2 unspecified atom stereocenters. The van der Waals surface area contributed by atoms with Crippen LogP contribution in [0.4, 0.5) is 26.3 Å². The lowest BCUT2D eigenvalue weighted by molar-refractivity contribution is -0.258. The molecule has 1 saturated carbocycles. The van der Waals surface area contributed by atoms with Crippen molar-refractivity contribution < 1.29 is 26.3 Å². The van der Waals surface area contributed by atoms with Crippen molar-refractivity contribution in [3.63, 3.8) is 0 Å². The number of aliphatic imine (C=N–C) groups is 2. The number of fused-ring (bicyclic) bond motifs is 4. The Labute approximate surface area is 205 Å². The van der Waals surface area contributed by atoms with E-state index in [1.807, 2.05) is 0 Å². The lowest BCUT2D eigenvalue weighted by atomic mass is 9.77. The standard InChI is InChI=1S/C25H16F6N2S2/c1-21-17(32-19(34-21)13-9-5-3-6-10-13)15-16(24(28,29)25(30,31)23(15,26)27)18-22(21,2)35-20(33-18)14-11-7-4-8-12-14/h3-12H,1-2H3. The summed E-state index contributed by atoms with van der Waals surface area (Å²) in [6, 6.07) is 17.3. The summed E-state index contributed by atoms with van der Waals surface area (Å²) in [5.74, 6) is -15.9. The molecule has 2 aliphatic heterocycles. The molecule has 2 nitrogen and oxygen atoms in total. The maximum absolute atomic E-state index is 15.2. The van der Waals surface area contributed by atoms with E-state index in [1.165, 1.54) is 0 Å². The van der Waals surface area contributed by atoms with E-state index in [0.717, 1.165) is 23.5 Å². The molecule has 0 radical (unpaired) electrons. The van der Waals surface area contributed by atoms with Gasteiger partial charge in [-0.15, -0.1) is 0 Å². The molecule has 6 rings (SSSR count). The van der Waals surface area contributed by atoms with Gasteiger partial charge in [-0.25, -0.2) is 9.98 Å². The molecule has 2 aromatic rings. The van der Waals surface area contributed by atoms with E-state index in [1.54, 1.807) is 74.5 Å². The molecule has 0 bridgehead atoms. The second-order valence-electron chi connectivity index (χ2n) is 9.01. The number of halogens is 6. The van der Waals surface area contributed by atoms with Gasteiger partial charge in [0.15, 0.2) is 0 Å². The highest BCUT2D eigenvalue weighted by Crippen LogP contribution is 2.72. The third kappa shape index (κ3) is 2.62. The first-order valence-corrected chi connectivity index (χ1v) is 12.3. The van der Waals surface area contributed by atoms with E-state index in [0.29, 0.717) is 21.2 Å². The molecular formula is C25H16F6N2S2. The van der Waals surface area contributed by atoms with Crippen molar-refractivity contribution in [1.29, 1.82) is 0 Å². The Hall–Kier alpha value is -2.46. The second-order valence-corrected chi connectivity index (χ2v) is 11.8. The van der Waals surface area contributed by atoms with Gasteiger partial charge in [0, 0.05) is 11.1 Å². The molecule has 0 saturated heterocycles. The van der Waals surface area contributed by atoms with E-state index in [2.05, 4.69) is 9.98 Å². The van der Waals surface area contributed by atoms with Crippen LogP contribution in [0.25, 0.3) is 0 Å². The van der Waals surface area contributed by atoms with Gasteiger partial charge in [-0.05, 0) is 13.8 Å². The van der Waals surface area contributed by atoms with Crippen LogP contribution in [0, 0.1) is 0 Å². The topological polar surface area (TPSA) is 24.7 Å². The zero-order chi connectivity index (χ0) is 25.0. The van der Waals surface area contributed by atoms with Gasteiger partial charge in [-0.3, -0.25) is 0 Å². The van der Waals surface area contributed by atoms with E-state index in [4.69, 9.17) is 0 Å². The minimum absolute atomic E-state index is 0.306. The van der Waals surface area contributed by atoms with Crippen molar-refractivity contribution in [1.82, 2.24) is 0 Å². The molecule has 4 aliphatic rings. The fraction of sp³-hybridized carbons (Fsp3) is 0.280. The molecule has 35 heavy (non-hydrogen) atoms. The predicted octanol–water partition coefficient (Wildman–Crippen LogP) is 7.33. The normalized spacial score (nSPS) is 31.7. The minimum Gasteiger partial charge on any atom is -0.244 e. The van der Waals surface area contributed by atoms with E-state index in [-0.39, 0.29) is 0 Å². The average molecular weight is 523 g/mol. The van der Waals surface area contributed by atoms with Crippen LogP contribution in [-0.2, 0) is 0 Å². The largest absolute Gasteiger partial charge is 0.380 e. The maximum atomic E-state index is 15.2. The SMILES string of the molecule is CC12SC(c3ccccc3)=NC1=C1C(=C3N=C(c4ccccc4)SC32C)C(F)(F)C(F)(F)C1(F)F. The Bertz CT molecular complexity index is 1290. The van der Waals surface area contributed by atoms with E-state index < -0.39 is 49.8 Å². The van der Waals surface area contributed by atoms with Gasteiger partial charge in [-0.1, -0.05) is 84.2 Å². The monoisotopic (exact) mass is 522 g/mol. The Kier molecular flexibility index (Phi) is 4.49. The Morgan fingerprint density at radius 1 is 0.571 bits per heavy atom. The van der Waals surface area contributed by atoms with Crippen molar-refractivity contribution in [2.45, 2.75) is 41.1 Å². The fourth-order valence-electron chi connectivity index (χ4n) is 4.95. The number of nitrogens with zero attached hydrogens (tertiary/aromatic N) is 2. The van der Waals surface area contributed by atoms with Gasteiger partial charge in [0.25, 0.3) is 0 Å². The molecule has 0 aromatic heterocycles. The number of benzene rings is 2. The van der Waals surface area contributed by atoms with Crippen LogP contribution in [0.5, 0.6) is 0 Å². The average Bonchev–Trinajstić information content (AvgIpc) is 3.40. The minimum atomic E-state index is -5.62. The first kappa shape index (κ1) is 23.0. The summed E-state index contributed by atoms with van der Waals surface area (Å²) >= 11 is 2.23. The van der Waals surface area contributed by atoms with Crippen molar-refractivity contribution in [3.05, 3.63) is 94.3 Å². The van der Waals surface area contributed by atoms with Crippen molar-refractivity contribution in [3.8, 4) is 0 Å². The molecule has 2 aromatic carbocycles. The number of hydrogen-bond donors (Lipinski definition) is 0. The highest BCUT2D eigenvalue weighted by atomic mass is 32.2. The third-order valence-corrected chi connectivity index (χ3v) is 10.2. The third-order valence-electron chi connectivity index (χ3n) is 7.02. The first-order valence-electron chi connectivity index (χ1n) is 10.7. The quantitative estimate of drug-likeness (QED) is 0.386. The molecule has 180 valence electrons. The van der Waals surface area contributed by atoms with Crippen molar-refractivity contribution >= 4 is 33.6 Å². The summed E-state index contributed by atoms with van der Waals surface area (Å²) in [5, 5.41) is 0.612. The lowest BCUT2D eigenvalue weighted by Gasteiger charge is -2.44. The zero-order valence-electron chi connectivity index (χ0n) is 18.3. The summed E-state index contributed by atoms with van der Waals surface area (Å²) in [4.78, 5) is 8.68. The molecule has 1 fully saturated rings. The van der Waals surface area contributed by atoms with Gasteiger partial charge >= 0.3 is 17.8 Å². The van der Waals surface area contributed by atoms with Crippen LogP contribution >= 0.6 is 23.5 Å². The van der Waals surface area contributed by atoms with Crippen LogP contribution < -0.4 is 0 Å². The molecular weight excluding hydrogens is 506 g/mol. The molecule has 0 spiro atoms. The summed E-state index contributed by atoms with van der Waals surface area (Å²) in [6.07, 6.45) is 0. The summed E-state index contributed by atoms with van der Waals surface area (Å²) in [6.45, 7) is 3.19. The molecule has 0 N–H and O–H groups in total. The van der Waals surface area contributed by atoms with Crippen molar-refractivity contribution in [2.75, 3.05) is 0 Å². The Morgan fingerprint density at radius 2 is 0.914 bits per heavy atom. The smallest absolute Gasteiger partial charge is 0.244 e. The van der Waals surface area contributed by atoms with Crippen LogP contribution in [0.3, 0.4) is 0 Å². The van der Waals surface area contributed by atoms with Crippen LogP contribution in [-0.4, -0.2) is 37.3 Å². The molecule has 2 aliphatic carbocycles. The molecule has 10 heteroatoms. The van der Waals surface area contributed by atoms with Gasteiger partial charge in [0.1, 0.15) is 10.1 Å². The molecule has 0 amide bonds. The highest BCUT2D eigenvalue weighted by Gasteiger charge is 2.85. The second kappa shape index (κ2) is 6.85. The number of allylic oxidation sites excluding steroid dienone is 2. The zero-order valence-corrected chi connectivity index (χ0v) is 19.9. The first-order chi connectivity index (χ1) is 16.4. The number of alkyl halides is 6. The Morgan fingerprint density at radius 3 is 1.26 bits per heavy atom. The predicted molar refractivity (Wildman–Crippen MR) is 127 cm³/mol. The molecule has 2 atom stereocenters. The summed E-state index contributed by atoms with van der Waals surface area (Å²) in [5.41, 5.74) is -2.53. The Balaban J connectivity index is 1.68. The van der Waals surface area contributed by atoms with E-state index in [9.17, 15) is 8.78 Å². The van der Waals surface area contributed by atoms with Gasteiger partial charge in [0.05, 0.1) is 32.0 Å². The fourth-order valence-corrected chi connectivity index (χ4v) is 7.83. The molecule has 2 heterocycles. The van der Waals surface area contributed by atoms with Gasteiger partial charge < -0.3 is 0 Å². The number of rotatable bonds is 2. The maximum Gasteiger partial charge on any atom is 0.380 e. The number of thioether (sulfide) groups is 2. The van der Waals surface area contributed by atoms with Gasteiger partial charge in [-0.2, -0.15) is 26.3 Å². The van der Waals surface area contributed by atoms with E-state index >= 15 is 17.6 Å². The van der Waals surface area contributed by atoms with Crippen LogP contribution in [0.1, 0.15) is 25.0 Å². The summed E-state index contributed by atoms with van der Waals surface area (Å²) < 4.78 is 87.7. The van der Waals surface area contributed by atoms with Crippen molar-refractivity contribution in [2.24, 2.45) is 9.98 Å².